The summed E-state index contributed by atoms with van der Waals surface area (Å²) in [4.78, 5) is 24.8. The Bertz CT molecular complexity index is 1240. The summed E-state index contributed by atoms with van der Waals surface area (Å²) >= 11 is 6.14. The molecule has 0 unspecified atom stereocenters. The molecular formula is C22H14ClNO3. The maximum Gasteiger partial charge on any atom is 0.248 e. The number of amides is 1. The number of carbonyl (C=O) groups is 1. The molecule has 1 N–H and O–H groups in total. The van der Waals surface area contributed by atoms with E-state index in [-0.39, 0.29) is 11.3 Å². The lowest BCUT2D eigenvalue weighted by atomic mass is 10.1. The molecule has 0 saturated heterocycles. The van der Waals surface area contributed by atoms with Crippen LogP contribution in [0.1, 0.15) is 5.56 Å². The van der Waals surface area contributed by atoms with Crippen molar-refractivity contribution >= 4 is 51.2 Å². The first-order chi connectivity index (χ1) is 13.1. The van der Waals surface area contributed by atoms with E-state index in [2.05, 4.69) is 5.32 Å². The van der Waals surface area contributed by atoms with Gasteiger partial charge in [-0.3, -0.25) is 9.59 Å². The van der Waals surface area contributed by atoms with Gasteiger partial charge in [0.1, 0.15) is 5.58 Å². The highest BCUT2D eigenvalue weighted by atomic mass is 35.5. The van der Waals surface area contributed by atoms with Crippen molar-refractivity contribution in [1.82, 2.24) is 0 Å². The van der Waals surface area contributed by atoms with Crippen LogP contribution in [0.4, 0.5) is 5.69 Å². The SMILES string of the molecule is O=C(/C=C/c1ccccc1)Nc1ccc2c(=O)c3cccc(Cl)c3oc2c1. The molecule has 3 aromatic carbocycles. The minimum Gasteiger partial charge on any atom is -0.454 e. The molecule has 5 heteroatoms. The molecule has 4 rings (SSSR count). The predicted molar refractivity (Wildman–Crippen MR) is 109 cm³/mol. The van der Waals surface area contributed by atoms with Crippen molar-refractivity contribution in [2.24, 2.45) is 0 Å². The summed E-state index contributed by atoms with van der Waals surface area (Å²) in [6.07, 6.45) is 3.18. The number of hydrogen-bond donors (Lipinski definition) is 1. The molecule has 0 aliphatic rings. The lowest BCUT2D eigenvalue weighted by Crippen LogP contribution is -2.08. The van der Waals surface area contributed by atoms with Gasteiger partial charge in [0.05, 0.1) is 15.8 Å². The molecule has 0 saturated carbocycles. The second kappa shape index (κ2) is 7.09. The number of nitrogens with one attached hydrogen (secondary N) is 1. The second-order valence-corrected chi connectivity index (χ2v) is 6.40. The molecule has 0 spiro atoms. The Hall–Kier alpha value is -3.37. The quantitative estimate of drug-likeness (QED) is 0.393. The van der Waals surface area contributed by atoms with Crippen molar-refractivity contribution in [1.29, 1.82) is 0 Å². The van der Waals surface area contributed by atoms with E-state index < -0.39 is 0 Å². The molecule has 1 heterocycles. The van der Waals surface area contributed by atoms with Crippen molar-refractivity contribution in [3.05, 3.63) is 93.6 Å². The van der Waals surface area contributed by atoms with E-state index in [1.54, 1.807) is 42.5 Å². The van der Waals surface area contributed by atoms with Crippen molar-refractivity contribution in [2.75, 3.05) is 5.32 Å². The molecule has 1 aromatic heterocycles. The Balaban J connectivity index is 1.66. The van der Waals surface area contributed by atoms with E-state index in [1.807, 2.05) is 30.3 Å². The van der Waals surface area contributed by atoms with Gasteiger partial charge >= 0.3 is 0 Å². The zero-order chi connectivity index (χ0) is 18.8. The normalized spacial score (nSPS) is 11.3. The average Bonchev–Trinajstić information content (AvgIpc) is 2.68. The topological polar surface area (TPSA) is 59.3 Å². The van der Waals surface area contributed by atoms with Crippen LogP contribution in [0.15, 0.2) is 82.0 Å². The summed E-state index contributed by atoms with van der Waals surface area (Å²) in [5.74, 6) is -0.278. The number of rotatable bonds is 3. The summed E-state index contributed by atoms with van der Waals surface area (Å²) in [6, 6.07) is 19.5. The fourth-order valence-electron chi connectivity index (χ4n) is 2.84. The molecule has 27 heavy (non-hydrogen) atoms. The molecule has 0 fully saturated rings. The standard InChI is InChI=1S/C22H14ClNO3/c23-18-8-4-7-17-21(26)16-11-10-15(13-19(16)27-22(17)18)24-20(25)12-9-14-5-2-1-3-6-14/h1-13H,(H,24,25)/b12-9+. The molecule has 0 radical (unpaired) electrons. The summed E-state index contributed by atoms with van der Waals surface area (Å²) in [6.45, 7) is 0. The maximum absolute atomic E-state index is 12.6. The minimum atomic E-state index is -0.278. The van der Waals surface area contributed by atoms with Crippen LogP contribution < -0.4 is 10.7 Å². The molecular weight excluding hydrogens is 362 g/mol. The van der Waals surface area contributed by atoms with Crippen molar-refractivity contribution in [3.63, 3.8) is 0 Å². The number of hydrogen-bond acceptors (Lipinski definition) is 3. The number of fused-ring (bicyclic) bond motifs is 2. The summed E-state index contributed by atoms with van der Waals surface area (Å²) in [5.41, 5.74) is 2.00. The molecule has 132 valence electrons. The summed E-state index contributed by atoms with van der Waals surface area (Å²) in [7, 11) is 0. The van der Waals surface area contributed by atoms with Crippen molar-refractivity contribution < 1.29 is 9.21 Å². The number of benzene rings is 3. The van der Waals surface area contributed by atoms with Crippen LogP contribution in [0.3, 0.4) is 0 Å². The summed E-state index contributed by atoms with van der Waals surface area (Å²) in [5, 5.41) is 3.99. The van der Waals surface area contributed by atoms with Gasteiger partial charge in [0.15, 0.2) is 5.58 Å². The van der Waals surface area contributed by atoms with E-state index in [1.165, 1.54) is 6.08 Å². The number of halogens is 1. The van der Waals surface area contributed by atoms with E-state index in [0.29, 0.717) is 32.6 Å². The fraction of sp³-hybridized carbons (Fsp3) is 0. The van der Waals surface area contributed by atoms with Crippen LogP contribution in [0.5, 0.6) is 0 Å². The van der Waals surface area contributed by atoms with Crippen molar-refractivity contribution in [3.8, 4) is 0 Å². The van der Waals surface area contributed by atoms with E-state index in [0.717, 1.165) is 5.56 Å². The Morgan fingerprint density at radius 1 is 0.963 bits per heavy atom. The van der Waals surface area contributed by atoms with E-state index >= 15 is 0 Å². The van der Waals surface area contributed by atoms with Crippen LogP contribution >= 0.6 is 11.6 Å². The van der Waals surface area contributed by atoms with E-state index in [9.17, 15) is 9.59 Å². The van der Waals surface area contributed by atoms with Crippen LogP contribution in [0.25, 0.3) is 28.0 Å². The van der Waals surface area contributed by atoms with Crippen LogP contribution in [-0.2, 0) is 4.79 Å². The third-order valence-electron chi connectivity index (χ3n) is 4.14. The third-order valence-corrected chi connectivity index (χ3v) is 4.44. The average molecular weight is 376 g/mol. The number of carbonyl (C=O) groups excluding carboxylic acids is 1. The van der Waals surface area contributed by atoms with Gasteiger partial charge < -0.3 is 9.73 Å². The van der Waals surface area contributed by atoms with E-state index in [4.69, 9.17) is 16.0 Å². The Morgan fingerprint density at radius 3 is 2.59 bits per heavy atom. The van der Waals surface area contributed by atoms with Crippen LogP contribution in [-0.4, -0.2) is 5.91 Å². The Kier molecular flexibility index (Phi) is 4.48. The van der Waals surface area contributed by atoms with Gasteiger partial charge in [0.25, 0.3) is 0 Å². The predicted octanol–water partition coefficient (Wildman–Crippen LogP) is 5.25. The Morgan fingerprint density at radius 2 is 1.78 bits per heavy atom. The third kappa shape index (κ3) is 3.48. The molecule has 0 bridgehead atoms. The van der Waals surface area contributed by atoms with Gasteiger partial charge in [-0.2, -0.15) is 0 Å². The van der Waals surface area contributed by atoms with Gasteiger partial charge in [0.2, 0.25) is 11.3 Å². The maximum atomic E-state index is 12.6. The van der Waals surface area contributed by atoms with Crippen LogP contribution in [0, 0.1) is 0 Å². The number of anilines is 1. The minimum absolute atomic E-state index is 0.157. The number of para-hydroxylation sites is 1. The van der Waals surface area contributed by atoms with Gasteiger partial charge in [0, 0.05) is 17.8 Å². The van der Waals surface area contributed by atoms with Gasteiger partial charge in [-0.05, 0) is 35.9 Å². The van der Waals surface area contributed by atoms with Gasteiger partial charge in [-0.25, -0.2) is 0 Å². The summed E-state index contributed by atoms with van der Waals surface area (Å²) < 4.78 is 5.81. The first-order valence-electron chi connectivity index (χ1n) is 8.31. The molecule has 4 aromatic rings. The zero-order valence-electron chi connectivity index (χ0n) is 14.1. The fourth-order valence-corrected chi connectivity index (χ4v) is 3.05. The second-order valence-electron chi connectivity index (χ2n) is 5.99. The smallest absolute Gasteiger partial charge is 0.248 e. The molecule has 4 nitrogen and oxygen atoms in total. The first-order valence-corrected chi connectivity index (χ1v) is 8.69. The zero-order valence-corrected chi connectivity index (χ0v) is 14.9. The van der Waals surface area contributed by atoms with Gasteiger partial charge in [-0.1, -0.05) is 48.0 Å². The molecule has 1 amide bonds. The molecule has 0 aliphatic carbocycles. The lowest BCUT2D eigenvalue weighted by molar-refractivity contribution is -0.111. The highest BCUT2D eigenvalue weighted by Crippen LogP contribution is 2.26. The molecule has 0 aliphatic heterocycles. The lowest BCUT2D eigenvalue weighted by Gasteiger charge is -2.06. The highest BCUT2D eigenvalue weighted by Gasteiger charge is 2.11. The van der Waals surface area contributed by atoms with Crippen LogP contribution in [0.2, 0.25) is 5.02 Å². The van der Waals surface area contributed by atoms with Crippen molar-refractivity contribution in [2.45, 2.75) is 0 Å². The Labute approximate surface area is 159 Å². The first kappa shape index (κ1) is 17.1. The van der Waals surface area contributed by atoms with Gasteiger partial charge in [-0.15, -0.1) is 0 Å². The highest BCUT2D eigenvalue weighted by molar-refractivity contribution is 6.34. The molecule has 0 atom stereocenters. The monoisotopic (exact) mass is 375 g/mol. The largest absolute Gasteiger partial charge is 0.454 e.